The Morgan fingerprint density at radius 2 is 2.30 bits per heavy atom. The van der Waals surface area contributed by atoms with Crippen LogP contribution in [-0.4, -0.2) is 10.7 Å². The Balaban J connectivity index is 2.23. The van der Waals surface area contributed by atoms with Crippen LogP contribution >= 0.6 is 11.6 Å². The number of rotatable bonds is 0. The first-order valence-electron chi connectivity index (χ1n) is 3.87. The molecule has 0 saturated heterocycles. The minimum absolute atomic E-state index is 0.289. The molecular formula is C8H11ClO. The molecule has 2 aliphatic carbocycles. The summed E-state index contributed by atoms with van der Waals surface area (Å²) in [6, 6.07) is 0. The Hall–Kier alpha value is -0.0400. The van der Waals surface area contributed by atoms with E-state index in [1.807, 2.05) is 6.92 Å². The normalized spacial score (nSPS) is 52.4. The third-order valence-electron chi connectivity index (χ3n) is 3.03. The van der Waals surface area contributed by atoms with Gasteiger partial charge in [0, 0.05) is 5.92 Å². The van der Waals surface area contributed by atoms with Crippen LogP contribution in [0.15, 0.2) is 0 Å². The zero-order valence-corrected chi connectivity index (χ0v) is 6.82. The predicted molar refractivity (Wildman–Crippen MR) is 40.1 cm³/mol. The van der Waals surface area contributed by atoms with Crippen LogP contribution in [-0.2, 0) is 4.79 Å². The number of Topliss-reactive ketones (excluding diaryl/α,β-unsaturated/α-hetero) is 1. The van der Waals surface area contributed by atoms with Crippen LogP contribution in [0, 0.1) is 11.8 Å². The molecule has 0 aromatic rings. The third-order valence-corrected chi connectivity index (χ3v) is 3.50. The van der Waals surface area contributed by atoms with Gasteiger partial charge in [-0.25, -0.2) is 0 Å². The van der Waals surface area contributed by atoms with E-state index in [4.69, 9.17) is 11.6 Å². The molecule has 0 unspecified atom stereocenters. The van der Waals surface area contributed by atoms with Crippen LogP contribution in [0.3, 0.4) is 0 Å². The fourth-order valence-corrected chi connectivity index (χ4v) is 2.77. The van der Waals surface area contributed by atoms with Gasteiger partial charge in [-0.05, 0) is 25.7 Å². The lowest BCUT2D eigenvalue weighted by Gasteiger charge is -2.43. The number of alkyl halides is 1. The summed E-state index contributed by atoms with van der Waals surface area (Å²) in [7, 11) is 0. The summed E-state index contributed by atoms with van der Waals surface area (Å²) in [6.45, 7) is 1.86. The third kappa shape index (κ3) is 0.572. The summed E-state index contributed by atoms with van der Waals surface area (Å²) in [5, 5.41) is 0. The van der Waals surface area contributed by atoms with Crippen molar-refractivity contribution in [2.75, 3.05) is 0 Å². The van der Waals surface area contributed by atoms with Gasteiger partial charge in [0.25, 0.3) is 0 Å². The van der Waals surface area contributed by atoms with Crippen LogP contribution < -0.4 is 0 Å². The summed E-state index contributed by atoms with van der Waals surface area (Å²) in [6.07, 6.45) is 3.45. The molecule has 2 fully saturated rings. The Labute approximate surface area is 65.7 Å². The molecule has 2 rings (SSSR count). The van der Waals surface area contributed by atoms with E-state index in [2.05, 4.69) is 0 Å². The van der Waals surface area contributed by atoms with Crippen molar-refractivity contribution in [2.24, 2.45) is 11.8 Å². The maximum Gasteiger partial charge on any atom is 0.157 e. The molecule has 0 heterocycles. The van der Waals surface area contributed by atoms with Gasteiger partial charge in [-0.15, -0.1) is 11.6 Å². The zero-order valence-electron chi connectivity index (χ0n) is 6.06. The van der Waals surface area contributed by atoms with Gasteiger partial charge in [0.05, 0.1) is 0 Å². The molecule has 0 aromatic heterocycles. The second-order valence-electron chi connectivity index (χ2n) is 3.58. The monoisotopic (exact) mass is 158 g/mol. The Morgan fingerprint density at radius 1 is 1.60 bits per heavy atom. The van der Waals surface area contributed by atoms with E-state index in [1.54, 1.807) is 0 Å². The maximum absolute atomic E-state index is 11.2. The first-order chi connectivity index (χ1) is 4.64. The highest BCUT2D eigenvalue weighted by Crippen LogP contribution is 2.53. The molecule has 1 nitrogen and oxygen atoms in total. The van der Waals surface area contributed by atoms with Gasteiger partial charge < -0.3 is 0 Å². The lowest BCUT2D eigenvalue weighted by atomic mass is 9.66. The molecule has 2 heteroatoms. The number of ketones is 1. The van der Waals surface area contributed by atoms with E-state index in [0.717, 1.165) is 12.8 Å². The topological polar surface area (TPSA) is 17.1 Å². The molecule has 0 aliphatic heterocycles. The van der Waals surface area contributed by atoms with Gasteiger partial charge in [-0.1, -0.05) is 6.42 Å². The number of hydrogen-bond donors (Lipinski definition) is 0. The Kier molecular flexibility index (Phi) is 1.17. The summed E-state index contributed by atoms with van der Waals surface area (Å²) < 4.78 is 0. The first kappa shape index (κ1) is 6.66. The molecule has 10 heavy (non-hydrogen) atoms. The molecule has 2 aliphatic rings. The number of fused-ring (bicyclic) bond motifs is 1. The summed E-state index contributed by atoms with van der Waals surface area (Å²) >= 11 is 6.01. The van der Waals surface area contributed by atoms with Crippen LogP contribution in [0.4, 0.5) is 0 Å². The molecule has 0 spiro atoms. The second kappa shape index (κ2) is 1.76. The predicted octanol–water partition coefficient (Wildman–Crippen LogP) is 1.98. The van der Waals surface area contributed by atoms with E-state index in [9.17, 15) is 4.79 Å². The molecule has 3 atom stereocenters. The second-order valence-corrected chi connectivity index (χ2v) is 4.37. The Morgan fingerprint density at radius 3 is 2.90 bits per heavy atom. The van der Waals surface area contributed by atoms with Gasteiger partial charge in [0.1, 0.15) is 4.87 Å². The van der Waals surface area contributed by atoms with Crippen molar-refractivity contribution in [3.05, 3.63) is 0 Å². The molecular weight excluding hydrogens is 148 g/mol. The standard InChI is InChI=1S/C8H11ClO/c1-8(9)6-4-2-3-5(6)7(8)10/h5-6H,2-4H2,1H3/t5-,6+,8+/m1/s1. The van der Waals surface area contributed by atoms with Gasteiger partial charge >= 0.3 is 0 Å². The van der Waals surface area contributed by atoms with Crippen LogP contribution in [0.1, 0.15) is 26.2 Å². The Bertz CT molecular complexity index is 186. The molecule has 2 saturated carbocycles. The maximum atomic E-state index is 11.2. The van der Waals surface area contributed by atoms with Crippen molar-refractivity contribution < 1.29 is 4.79 Å². The molecule has 0 bridgehead atoms. The smallest absolute Gasteiger partial charge is 0.157 e. The minimum Gasteiger partial charge on any atom is -0.297 e. The van der Waals surface area contributed by atoms with Gasteiger partial charge in [-0.2, -0.15) is 0 Å². The molecule has 0 radical (unpaired) electrons. The highest BCUT2D eigenvalue weighted by atomic mass is 35.5. The van der Waals surface area contributed by atoms with Crippen molar-refractivity contribution >= 4 is 17.4 Å². The summed E-state index contributed by atoms with van der Waals surface area (Å²) in [4.78, 5) is 10.7. The fourth-order valence-electron chi connectivity index (χ4n) is 2.37. The summed E-state index contributed by atoms with van der Waals surface area (Å²) in [5.74, 6) is 1.13. The minimum atomic E-state index is -0.485. The van der Waals surface area contributed by atoms with Crippen LogP contribution in [0.2, 0.25) is 0 Å². The van der Waals surface area contributed by atoms with Crippen molar-refractivity contribution in [3.63, 3.8) is 0 Å². The van der Waals surface area contributed by atoms with Crippen molar-refractivity contribution in [2.45, 2.75) is 31.1 Å². The first-order valence-corrected chi connectivity index (χ1v) is 4.25. The molecule has 0 amide bonds. The number of hydrogen-bond acceptors (Lipinski definition) is 1. The van der Waals surface area contributed by atoms with Crippen molar-refractivity contribution in [1.82, 2.24) is 0 Å². The van der Waals surface area contributed by atoms with E-state index < -0.39 is 4.87 Å². The summed E-state index contributed by atoms with van der Waals surface area (Å²) in [5.41, 5.74) is 0. The largest absolute Gasteiger partial charge is 0.297 e. The lowest BCUT2D eigenvalue weighted by molar-refractivity contribution is -0.137. The highest BCUT2D eigenvalue weighted by Gasteiger charge is 2.59. The van der Waals surface area contributed by atoms with Gasteiger partial charge in [-0.3, -0.25) is 4.79 Å². The van der Waals surface area contributed by atoms with E-state index in [-0.39, 0.29) is 5.78 Å². The number of halogens is 1. The van der Waals surface area contributed by atoms with Crippen molar-refractivity contribution in [1.29, 1.82) is 0 Å². The molecule has 0 aromatic carbocycles. The SMILES string of the molecule is C[C@@]1(Cl)C(=O)[C@@H]2CCC[C@@H]21. The van der Waals surface area contributed by atoms with Gasteiger partial charge in [0.2, 0.25) is 0 Å². The van der Waals surface area contributed by atoms with Crippen LogP contribution in [0.5, 0.6) is 0 Å². The lowest BCUT2D eigenvalue weighted by Crippen LogP contribution is -2.55. The number of carbonyl (C=O) groups excluding carboxylic acids is 1. The molecule has 56 valence electrons. The number of carbonyl (C=O) groups is 1. The highest BCUT2D eigenvalue weighted by molar-refractivity contribution is 6.38. The quantitative estimate of drug-likeness (QED) is 0.493. The van der Waals surface area contributed by atoms with E-state index >= 15 is 0 Å². The van der Waals surface area contributed by atoms with Gasteiger partial charge in [0.15, 0.2) is 5.78 Å². The fraction of sp³-hybridized carbons (Fsp3) is 0.875. The van der Waals surface area contributed by atoms with Crippen LogP contribution in [0.25, 0.3) is 0 Å². The molecule has 0 N–H and O–H groups in total. The average molecular weight is 159 g/mol. The van der Waals surface area contributed by atoms with E-state index in [1.165, 1.54) is 6.42 Å². The van der Waals surface area contributed by atoms with E-state index in [0.29, 0.717) is 11.8 Å². The average Bonchev–Trinajstić information content (AvgIpc) is 2.31. The van der Waals surface area contributed by atoms with Crippen molar-refractivity contribution in [3.8, 4) is 0 Å². The zero-order chi connectivity index (χ0) is 7.35.